The van der Waals surface area contributed by atoms with E-state index in [0.29, 0.717) is 0 Å². The first-order valence-corrected chi connectivity index (χ1v) is 7.04. The molecule has 0 bridgehead atoms. The summed E-state index contributed by atoms with van der Waals surface area (Å²) in [4.78, 5) is 0. The molecule has 0 saturated carbocycles. The zero-order chi connectivity index (χ0) is 17.4. The van der Waals surface area contributed by atoms with Crippen molar-refractivity contribution in [1.82, 2.24) is 0 Å². The normalized spacial score (nSPS) is 51.7. The summed E-state index contributed by atoms with van der Waals surface area (Å²) in [5, 5.41) is 77.2. The van der Waals surface area contributed by atoms with Gasteiger partial charge in [-0.2, -0.15) is 0 Å². The molecule has 0 aromatic rings. The Bertz CT molecular complexity index is 393. The standard InChI is InChI=1S/C12H22O11/c13-1-5-7(17)8(18)9(19)11(22-5)23-10-6(16)4(15)2-21-12(10,20)3-14/h4-11,13-20H,1-3H2/t4-,5+,6+,7-,8-,9-,10+,11-,12+/m1/s1. The van der Waals surface area contributed by atoms with Crippen molar-refractivity contribution in [3.8, 4) is 0 Å². The molecular formula is C12H22O11. The molecule has 0 spiro atoms. The van der Waals surface area contributed by atoms with E-state index in [2.05, 4.69) is 0 Å². The van der Waals surface area contributed by atoms with E-state index in [1.165, 1.54) is 0 Å². The second-order valence-electron chi connectivity index (χ2n) is 5.63. The fraction of sp³-hybridized carbons (Fsp3) is 1.00. The summed E-state index contributed by atoms with van der Waals surface area (Å²) >= 11 is 0. The van der Waals surface area contributed by atoms with E-state index in [9.17, 15) is 35.7 Å². The average Bonchev–Trinajstić information content (AvgIpc) is 2.55. The number of rotatable bonds is 4. The van der Waals surface area contributed by atoms with Crippen LogP contribution in [0.2, 0.25) is 0 Å². The first-order valence-electron chi connectivity index (χ1n) is 7.04. The smallest absolute Gasteiger partial charge is 0.219 e. The van der Waals surface area contributed by atoms with Crippen LogP contribution in [-0.4, -0.2) is 115 Å². The van der Waals surface area contributed by atoms with Gasteiger partial charge in [0.25, 0.3) is 0 Å². The van der Waals surface area contributed by atoms with Crippen LogP contribution in [0.4, 0.5) is 0 Å². The Morgan fingerprint density at radius 1 is 0.957 bits per heavy atom. The number of aliphatic hydroxyl groups excluding tert-OH is 7. The quantitative estimate of drug-likeness (QED) is 0.243. The Balaban J connectivity index is 2.17. The van der Waals surface area contributed by atoms with Gasteiger partial charge in [-0.25, -0.2) is 0 Å². The lowest BCUT2D eigenvalue weighted by Gasteiger charge is -2.47. The summed E-state index contributed by atoms with van der Waals surface area (Å²) in [5.74, 6) is -2.38. The highest BCUT2D eigenvalue weighted by atomic mass is 16.7. The number of hydrogen-bond acceptors (Lipinski definition) is 11. The molecule has 0 aromatic carbocycles. The lowest BCUT2D eigenvalue weighted by Crippen LogP contribution is -2.67. The first kappa shape index (κ1) is 18.9. The molecule has 0 amide bonds. The minimum absolute atomic E-state index is 0.466. The summed E-state index contributed by atoms with van der Waals surface area (Å²) in [6.07, 6.45) is -12.9. The molecule has 9 atom stereocenters. The molecule has 0 unspecified atom stereocenters. The van der Waals surface area contributed by atoms with Gasteiger partial charge in [0.1, 0.15) is 42.7 Å². The van der Waals surface area contributed by atoms with E-state index in [0.717, 1.165) is 0 Å². The average molecular weight is 342 g/mol. The van der Waals surface area contributed by atoms with Crippen LogP contribution in [0.15, 0.2) is 0 Å². The third-order valence-electron chi connectivity index (χ3n) is 4.01. The summed E-state index contributed by atoms with van der Waals surface area (Å²) in [5.41, 5.74) is 0. The number of aliphatic hydroxyl groups is 8. The highest BCUT2D eigenvalue weighted by Crippen LogP contribution is 2.30. The van der Waals surface area contributed by atoms with Crippen molar-refractivity contribution in [1.29, 1.82) is 0 Å². The van der Waals surface area contributed by atoms with Crippen LogP contribution in [0.25, 0.3) is 0 Å². The van der Waals surface area contributed by atoms with E-state index in [1.54, 1.807) is 0 Å². The van der Waals surface area contributed by atoms with Crippen LogP contribution in [0.1, 0.15) is 0 Å². The summed E-state index contributed by atoms with van der Waals surface area (Å²) < 4.78 is 15.1. The van der Waals surface area contributed by atoms with Crippen LogP contribution in [-0.2, 0) is 14.2 Å². The zero-order valence-corrected chi connectivity index (χ0v) is 12.0. The van der Waals surface area contributed by atoms with E-state index in [1.807, 2.05) is 0 Å². The monoisotopic (exact) mass is 342 g/mol. The van der Waals surface area contributed by atoms with Gasteiger partial charge in [0.05, 0.1) is 19.8 Å². The third kappa shape index (κ3) is 3.50. The molecule has 23 heavy (non-hydrogen) atoms. The Kier molecular flexibility index (Phi) is 5.92. The molecule has 11 heteroatoms. The molecular weight excluding hydrogens is 320 g/mol. The number of hydrogen-bond donors (Lipinski definition) is 8. The number of ether oxygens (including phenoxy) is 3. The summed E-state index contributed by atoms with van der Waals surface area (Å²) in [7, 11) is 0. The van der Waals surface area contributed by atoms with Crippen molar-refractivity contribution in [3.63, 3.8) is 0 Å². The molecule has 0 aliphatic carbocycles. The van der Waals surface area contributed by atoms with Gasteiger partial charge in [-0.15, -0.1) is 0 Å². The van der Waals surface area contributed by atoms with Crippen LogP contribution in [0.3, 0.4) is 0 Å². The van der Waals surface area contributed by atoms with Crippen LogP contribution in [0, 0.1) is 0 Å². The van der Waals surface area contributed by atoms with Crippen LogP contribution >= 0.6 is 0 Å². The first-order chi connectivity index (χ1) is 10.7. The van der Waals surface area contributed by atoms with Crippen molar-refractivity contribution >= 4 is 0 Å². The molecule has 2 fully saturated rings. The third-order valence-corrected chi connectivity index (χ3v) is 4.01. The molecule has 8 N–H and O–H groups in total. The molecule has 11 nitrogen and oxygen atoms in total. The molecule has 0 aromatic heterocycles. The van der Waals surface area contributed by atoms with Gasteiger partial charge < -0.3 is 55.1 Å². The van der Waals surface area contributed by atoms with E-state index >= 15 is 0 Å². The van der Waals surface area contributed by atoms with E-state index in [-0.39, 0.29) is 0 Å². The molecule has 136 valence electrons. The zero-order valence-electron chi connectivity index (χ0n) is 12.0. The van der Waals surface area contributed by atoms with Crippen molar-refractivity contribution in [2.75, 3.05) is 19.8 Å². The van der Waals surface area contributed by atoms with Crippen molar-refractivity contribution in [3.05, 3.63) is 0 Å². The van der Waals surface area contributed by atoms with Crippen molar-refractivity contribution in [2.45, 2.75) is 54.8 Å². The van der Waals surface area contributed by atoms with Gasteiger partial charge >= 0.3 is 0 Å². The van der Waals surface area contributed by atoms with Gasteiger partial charge in [-0.1, -0.05) is 0 Å². The molecule has 2 aliphatic heterocycles. The van der Waals surface area contributed by atoms with Gasteiger partial charge in [-0.05, 0) is 0 Å². The summed E-state index contributed by atoms with van der Waals surface area (Å²) in [6, 6.07) is 0. The lowest BCUT2D eigenvalue weighted by molar-refractivity contribution is -0.387. The predicted octanol–water partition coefficient (Wildman–Crippen LogP) is -5.40. The maximum atomic E-state index is 10.1. The minimum Gasteiger partial charge on any atom is -0.394 e. The Morgan fingerprint density at radius 2 is 1.61 bits per heavy atom. The van der Waals surface area contributed by atoms with Crippen LogP contribution < -0.4 is 0 Å². The van der Waals surface area contributed by atoms with E-state index < -0.39 is 74.6 Å². The minimum atomic E-state index is -2.38. The van der Waals surface area contributed by atoms with Gasteiger partial charge in [-0.3, -0.25) is 0 Å². The highest BCUT2D eigenvalue weighted by molar-refractivity contribution is 4.95. The second-order valence-corrected chi connectivity index (χ2v) is 5.63. The lowest BCUT2D eigenvalue weighted by atomic mass is 9.96. The highest BCUT2D eigenvalue weighted by Gasteiger charge is 2.53. The van der Waals surface area contributed by atoms with Crippen LogP contribution in [0.5, 0.6) is 0 Å². The van der Waals surface area contributed by atoms with E-state index in [4.69, 9.17) is 19.3 Å². The molecule has 2 saturated heterocycles. The predicted molar refractivity (Wildman–Crippen MR) is 68.6 cm³/mol. The van der Waals surface area contributed by atoms with Crippen molar-refractivity contribution < 1.29 is 55.1 Å². The maximum absolute atomic E-state index is 10.1. The fourth-order valence-corrected chi connectivity index (χ4v) is 2.53. The molecule has 2 heterocycles. The molecule has 2 aliphatic rings. The fourth-order valence-electron chi connectivity index (χ4n) is 2.53. The van der Waals surface area contributed by atoms with Gasteiger partial charge in [0.2, 0.25) is 5.79 Å². The van der Waals surface area contributed by atoms with Gasteiger partial charge in [0.15, 0.2) is 6.29 Å². The van der Waals surface area contributed by atoms with Crippen molar-refractivity contribution in [2.24, 2.45) is 0 Å². The second kappa shape index (κ2) is 7.21. The topological polar surface area (TPSA) is 190 Å². The maximum Gasteiger partial charge on any atom is 0.219 e. The SMILES string of the molecule is OC[C@@H]1O[C@H](O[C@H]2[C@@H](O)[C@H](O)CO[C@@]2(O)CO)[C@H](O)[C@H](O)[C@@H]1O. The largest absolute Gasteiger partial charge is 0.394 e. The Labute approximate surface area is 130 Å². The molecule has 0 radical (unpaired) electrons. The molecule has 2 rings (SSSR count). The Hall–Kier alpha value is -0.440. The summed E-state index contributed by atoms with van der Waals surface area (Å²) in [6.45, 7) is -2.15. The van der Waals surface area contributed by atoms with Gasteiger partial charge in [0, 0.05) is 0 Å². The Morgan fingerprint density at radius 3 is 2.17 bits per heavy atom.